The van der Waals surface area contributed by atoms with Crippen LogP contribution in [0, 0.1) is 6.92 Å². The molecule has 2 aromatic rings. The molecule has 0 amide bonds. The average molecular weight is 232 g/mol. The highest BCUT2D eigenvalue weighted by molar-refractivity contribution is 5.56. The number of rotatable bonds is 2. The molecule has 90 valence electrons. The van der Waals surface area contributed by atoms with Gasteiger partial charge in [0.15, 0.2) is 0 Å². The summed E-state index contributed by atoms with van der Waals surface area (Å²) in [6.07, 6.45) is 1.86. The van der Waals surface area contributed by atoms with Gasteiger partial charge in [-0.2, -0.15) is 5.10 Å². The maximum Gasteiger partial charge on any atom is 0.251 e. The van der Waals surface area contributed by atoms with E-state index in [1.54, 1.807) is 10.7 Å². The SMILES string of the molecule is Cc1nn(C)cc1-c1nc(C(C)C)cc(=O)[nH]1. The molecule has 0 spiro atoms. The molecule has 0 bridgehead atoms. The Balaban J connectivity index is 2.60. The summed E-state index contributed by atoms with van der Waals surface area (Å²) in [6.45, 7) is 5.93. The largest absolute Gasteiger partial charge is 0.306 e. The summed E-state index contributed by atoms with van der Waals surface area (Å²) in [4.78, 5) is 18.8. The second-order valence-electron chi connectivity index (χ2n) is 4.48. The Morgan fingerprint density at radius 2 is 2.12 bits per heavy atom. The molecule has 0 aliphatic heterocycles. The first kappa shape index (κ1) is 11.6. The Morgan fingerprint density at radius 1 is 1.41 bits per heavy atom. The van der Waals surface area contributed by atoms with Crippen LogP contribution in [0.5, 0.6) is 0 Å². The highest BCUT2D eigenvalue weighted by Crippen LogP contribution is 2.19. The van der Waals surface area contributed by atoms with Crippen molar-refractivity contribution in [1.82, 2.24) is 19.7 Å². The fraction of sp³-hybridized carbons (Fsp3) is 0.417. The molecule has 0 saturated carbocycles. The van der Waals surface area contributed by atoms with Gasteiger partial charge in [-0.15, -0.1) is 0 Å². The number of hydrogen-bond donors (Lipinski definition) is 1. The average Bonchev–Trinajstić information content (AvgIpc) is 2.57. The van der Waals surface area contributed by atoms with Gasteiger partial charge in [0.25, 0.3) is 5.56 Å². The van der Waals surface area contributed by atoms with Gasteiger partial charge in [-0.3, -0.25) is 9.48 Å². The summed E-state index contributed by atoms with van der Waals surface area (Å²) in [5.74, 6) is 0.819. The highest BCUT2D eigenvalue weighted by Gasteiger charge is 2.11. The first-order valence-corrected chi connectivity index (χ1v) is 5.59. The number of nitrogens with one attached hydrogen (secondary N) is 1. The van der Waals surface area contributed by atoms with Crippen LogP contribution in [-0.2, 0) is 7.05 Å². The fourth-order valence-corrected chi connectivity index (χ4v) is 1.73. The van der Waals surface area contributed by atoms with Gasteiger partial charge in [0, 0.05) is 19.3 Å². The third kappa shape index (κ3) is 2.27. The molecule has 0 fully saturated rings. The minimum absolute atomic E-state index is 0.123. The molecule has 0 saturated heterocycles. The smallest absolute Gasteiger partial charge is 0.251 e. The number of hydrogen-bond acceptors (Lipinski definition) is 3. The van der Waals surface area contributed by atoms with E-state index in [0.717, 1.165) is 17.0 Å². The molecule has 5 heteroatoms. The van der Waals surface area contributed by atoms with Crippen LogP contribution < -0.4 is 5.56 Å². The lowest BCUT2D eigenvalue weighted by Crippen LogP contribution is -2.11. The van der Waals surface area contributed by atoms with Gasteiger partial charge in [-0.05, 0) is 12.8 Å². The predicted molar refractivity (Wildman–Crippen MR) is 65.9 cm³/mol. The van der Waals surface area contributed by atoms with Crippen molar-refractivity contribution in [2.75, 3.05) is 0 Å². The molecular formula is C12H16N4O. The normalized spacial score (nSPS) is 11.1. The Bertz CT molecular complexity index is 595. The van der Waals surface area contributed by atoms with Gasteiger partial charge in [0.1, 0.15) is 5.82 Å². The topological polar surface area (TPSA) is 63.6 Å². The van der Waals surface area contributed by atoms with Crippen LogP contribution in [0.4, 0.5) is 0 Å². The molecule has 0 aliphatic rings. The summed E-state index contributed by atoms with van der Waals surface area (Å²) in [5.41, 5.74) is 2.40. The number of aryl methyl sites for hydroxylation is 2. The van der Waals surface area contributed by atoms with E-state index in [1.807, 2.05) is 34.0 Å². The second-order valence-corrected chi connectivity index (χ2v) is 4.48. The van der Waals surface area contributed by atoms with Gasteiger partial charge >= 0.3 is 0 Å². The molecule has 0 aliphatic carbocycles. The van der Waals surface area contributed by atoms with E-state index in [2.05, 4.69) is 15.1 Å². The molecule has 2 rings (SSSR count). The van der Waals surface area contributed by atoms with Crippen molar-refractivity contribution in [2.45, 2.75) is 26.7 Å². The van der Waals surface area contributed by atoms with Crippen molar-refractivity contribution in [3.8, 4) is 11.4 Å². The Morgan fingerprint density at radius 3 is 2.65 bits per heavy atom. The highest BCUT2D eigenvalue weighted by atomic mass is 16.1. The lowest BCUT2D eigenvalue weighted by Gasteiger charge is -2.05. The van der Waals surface area contributed by atoms with Crippen molar-refractivity contribution in [3.63, 3.8) is 0 Å². The number of aromatic nitrogens is 4. The molecule has 2 heterocycles. The van der Waals surface area contributed by atoms with Crippen LogP contribution in [0.3, 0.4) is 0 Å². The minimum Gasteiger partial charge on any atom is -0.306 e. The van der Waals surface area contributed by atoms with Gasteiger partial charge in [-0.25, -0.2) is 4.98 Å². The van der Waals surface area contributed by atoms with Crippen LogP contribution in [0.15, 0.2) is 17.1 Å². The monoisotopic (exact) mass is 232 g/mol. The Labute approximate surface area is 99.5 Å². The van der Waals surface area contributed by atoms with Crippen LogP contribution in [0.1, 0.15) is 31.2 Å². The maximum absolute atomic E-state index is 11.6. The van der Waals surface area contributed by atoms with Gasteiger partial charge in [-0.1, -0.05) is 13.8 Å². The first-order chi connectivity index (χ1) is 7.97. The predicted octanol–water partition coefficient (Wildman–Crippen LogP) is 1.60. The van der Waals surface area contributed by atoms with E-state index in [4.69, 9.17) is 0 Å². The van der Waals surface area contributed by atoms with E-state index in [1.165, 1.54) is 0 Å². The Hall–Kier alpha value is -1.91. The summed E-state index contributed by atoms with van der Waals surface area (Å²) < 4.78 is 1.71. The van der Waals surface area contributed by atoms with Crippen LogP contribution >= 0.6 is 0 Å². The van der Waals surface area contributed by atoms with Crippen molar-refractivity contribution >= 4 is 0 Å². The molecule has 17 heavy (non-hydrogen) atoms. The van der Waals surface area contributed by atoms with Crippen LogP contribution in [0.25, 0.3) is 11.4 Å². The van der Waals surface area contributed by atoms with E-state index in [9.17, 15) is 4.79 Å². The van der Waals surface area contributed by atoms with Crippen molar-refractivity contribution in [1.29, 1.82) is 0 Å². The maximum atomic E-state index is 11.6. The molecule has 1 N–H and O–H groups in total. The van der Waals surface area contributed by atoms with E-state index in [-0.39, 0.29) is 11.5 Å². The van der Waals surface area contributed by atoms with Crippen molar-refractivity contribution < 1.29 is 0 Å². The molecule has 5 nitrogen and oxygen atoms in total. The summed E-state index contributed by atoms with van der Waals surface area (Å²) in [6, 6.07) is 1.54. The molecule has 0 unspecified atom stereocenters. The quantitative estimate of drug-likeness (QED) is 0.855. The standard InChI is InChI=1S/C12H16N4O/c1-7(2)10-5-11(17)14-12(13-10)9-6-16(4)15-8(9)3/h5-7H,1-4H3,(H,13,14,17). The van der Waals surface area contributed by atoms with Crippen molar-refractivity contribution in [2.24, 2.45) is 7.05 Å². The molecule has 0 aromatic carbocycles. The third-order valence-electron chi connectivity index (χ3n) is 2.62. The van der Waals surface area contributed by atoms with Gasteiger partial charge in [0.2, 0.25) is 0 Å². The lowest BCUT2D eigenvalue weighted by atomic mass is 10.1. The van der Waals surface area contributed by atoms with Gasteiger partial charge < -0.3 is 4.98 Å². The summed E-state index contributed by atoms with van der Waals surface area (Å²) in [7, 11) is 1.85. The lowest BCUT2D eigenvalue weighted by molar-refractivity contribution is 0.756. The number of nitrogens with zero attached hydrogens (tertiary/aromatic N) is 3. The van der Waals surface area contributed by atoms with Gasteiger partial charge in [0.05, 0.1) is 17.0 Å². The molecular weight excluding hydrogens is 216 g/mol. The zero-order valence-corrected chi connectivity index (χ0v) is 10.5. The zero-order chi connectivity index (χ0) is 12.6. The van der Waals surface area contributed by atoms with Crippen LogP contribution in [-0.4, -0.2) is 19.7 Å². The Kier molecular flexibility index (Phi) is 2.83. The fourth-order valence-electron chi connectivity index (χ4n) is 1.73. The number of aromatic amines is 1. The third-order valence-corrected chi connectivity index (χ3v) is 2.62. The van der Waals surface area contributed by atoms with E-state index in [0.29, 0.717) is 5.82 Å². The zero-order valence-electron chi connectivity index (χ0n) is 10.5. The molecule has 0 atom stereocenters. The molecule has 2 aromatic heterocycles. The first-order valence-electron chi connectivity index (χ1n) is 5.59. The molecule has 0 radical (unpaired) electrons. The van der Waals surface area contributed by atoms with Crippen molar-refractivity contribution in [3.05, 3.63) is 34.0 Å². The summed E-state index contributed by atoms with van der Waals surface area (Å²) in [5, 5.41) is 4.25. The second kappa shape index (κ2) is 4.16. The van der Waals surface area contributed by atoms with E-state index >= 15 is 0 Å². The van der Waals surface area contributed by atoms with Crippen LogP contribution in [0.2, 0.25) is 0 Å². The minimum atomic E-state index is -0.123. The summed E-state index contributed by atoms with van der Waals surface area (Å²) >= 11 is 0. The van der Waals surface area contributed by atoms with E-state index < -0.39 is 0 Å². The number of H-pyrrole nitrogens is 1.